The van der Waals surface area contributed by atoms with Crippen molar-refractivity contribution in [3.8, 4) is 11.5 Å². The molecular formula is C23H23N3O6. The monoisotopic (exact) mass is 437 g/mol. The molecule has 0 bridgehead atoms. The number of benzene rings is 1. The van der Waals surface area contributed by atoms with Crippen LogP contribution in [0.15, 0.2) is 42.1 Å². The van der Waals surface area contributed by atoms with E-state index < -0.39 is 17.4 Å². The second kappa shape index (κ2) is 7.67. The number of pyridine rings is 1. The summed E-state index contributed by atoms with van der Waals surface area (Å²) in [7, 11) is 0. The van der Waals surface area contributed by atoms with Gasteiger partial charge in [0.2, 0.25) is 0 Å². The number of phenolic OH excluding ortho intramolecular Hbond substituents is 2. The van der Waals surface area contributed by atoms with Crippen LogP contribution in [0.25, 0.3) is 6.08 Å². The van der Waals surface area contributed by atoms with Crippen molar-refractivity contribution < 1.29 is 29.7 Å². The zero-order valence-corrected chi connectivity index (χ0v) is 17.6. The second-order valence-corrected chi connectivity index (χ2v) is 8.74. The molecule has 4 rings (SSSR count). The van der Waals surface area contributed by atoms with Gasteiger partial charge in [0.1, 0.15) is 6.04 Å². The first-order valence-electron chi connectivity index (χ1n) is 10.1. The molecule has 2 amide bonds. The standard InChI is InChI=1S/C23H23N3O6/c1-23(2)10-16-15(21(30)26(16)19(23)22(31)32)9-14-8-13(5-6-24-14)20(29)25-11-12-3-4-17(27)18(28)7-12/h3-9,16,19,27-28H,10-11H2,1-2H3,(H,25,29)(H,31,32)/b15-9+/t16?,19-/m0/s1. The highest BCUT2D eigenvalue weighted by Gasteiger charge is 2.60. The van der Waals surface area contributed by atoms with Crippen LogP contribution in [0.3, 0.4) is 0 Å². The maximum atomic E-state index is 12.6. The molecule has 0 spiro atoms. The summed E-state index contributed by atoms with van der Waals surface area (Å²) in [6.07, 6.45) is 3.62. The maximum absolute atomic E-state index is 12.6. The highest BCUT2D eigenvalue weighted by Crippen LogP contribution is 2.49. The normalized spacial score (nSPS) is 22.4. The number of aliphatic carboxylic acids is 1. The van der Waals surface area contributed by atoms with Crippen LogP contribution in [0, 0.1) is 5.41 Å². The minimum absolute atomic E-state index is 0.145. The third-order valence-electron chi connectivity index (χ3n) is 5.99. The molecule has 9 heteroatoms. The fraction of sp³-hybridized carbons (Fsp3) is 0.304. The van der Waals surface area contributed by atoms with E-state index in [2.05, 4.69) is 10.3 Å². The first-order valence-corrected chi connectivity index (χ1v) is 10.1. The van der Waals surface area contributed by atoms with E-state index in [1.54, 1.807) is 24.3 Å². The van der Waals surface area contributed by atoms with E-state index in [0.29, 0.717) is 28.8 Å². The van der Waals surface area contributed by atoms with Gasteiger partial charge in [0.15, 0.2) is 11.5 Å². The molecule has 2 atom stereocenters. The molecule has 2 aliphatic rings. The minimum Gasteiger partial charge on any atom is -0.504 e. The molecule has 3 heterocycles. The quantitative estimate of drug-likeness (QED) is 0.318. The summed E-state index contributed by atoms with van der Waals surface area (Å²) >= 11 is 0. The number of phenols is 2. The summed E-state index contributed by atoms with van der Waals surface area (Å²) in [5.41, 5.74) is 1.33. The third-order valence-corrected chi connectivity index (χ3v) is 5.99. The largest absolute Gasteiger partial charge is 0.504 e. The van der Waals surface area contributed by atoms with Gasteiger partial charge in [-0.2, -0.15) is 0 Å². The average molecular weight is 437 g/mol. The Morgan fingerprint density at radius 1 is 1.22 bits per heavy atom. The molecule has 1 unspecified atom stereocenters. The number of carboxylic acid groups (broad SMARTS) is 1. The molecule has 2 aromatic rings. The van der Waals surface area contributed by atoms with Crippen LogP contribution in [0.4, 0.5) is 0 Å². The van der Waals surface area contributed by atoms with Crippen LogP contribution in [-0.4, -0.2) is 55.1 Å². The third kappa shape index (κ3) is 3.66. The number of carbonyl (C=O) groups is 3. The number of aromatic hydroxyl groups is 2. The number of β-lactam (4-membered cyclic amide) rings is 1. The Bertz CT molecular complexity index is 1160. The molecule has 2 aliphatic heterocycles. The minimum atomic E-state index is -1.01. The lowest BCUT2D eigenvalue weighted by atomic mass is 9.83. The summed E-state index contributed by atoms with van der Waals surface area (Å²) in [6, 6.07) is 6.24. The van der Waals surface area contributed by atoms with Crippen molar-refractivity contribution in [3.63, 3.8) is 0 Å². The average Bonchev–Trinajstić information content (AvgIpc) is 3.01. The second-order valence-electron chi connectivity index (χ2n) is 8.74. The van der Waals surface area contributed by atoms with Crippen LogP contribution in [0.2, 0.25) is 0 Å². The van der Waals surface area contributed by atoms with Gasteiger partial charge in [0, 0.05) is 23.9 Å². The molecule has 0 radical (unpaired) electrons. The topological polar surface area (TPSA) is 140 Å². The van der Waals surface area contributed by atoms with Crippen molar-refractivity contribution in [1.29, 1.82) is 0 Å². The van der Waals surface area contributed by atoms with Gasteiger partial charge in [0.05, 0.1) is 11.7 Å². The van der Waals surface area contributed by atoms with Crippen LogP contribution in [-0.2, 0) is 16.1 Å². The van der Waals surface area contributed by atoms with Gasteiger partial charge in [-0.3, -0.25) is 14.6 Å². The van der Waals surface area contributed by atoms with Crippen LogP contribution >= 0.6 is 0 Å². The number of hydrogen-bond acceptors (Lipinski definition) is 6. The number of nitrogens with one attached hydrogen (secondary N) is 1. The molecular weight excluding hydrogens is 414 g/mol. The Balaban J connectivity index is 1.48. The fourth-order valence-corrected chi connectivity index (χ4v) is 4.41. The zero-order valence-electron chi connectivity index (χ0n) is 17.6. The molecule has 1 aromatic heterocycles. The lowest BCUT2D eigenvalue weighted by molar-refractivity contribution is -0.154. The molecule has 0 aliphatic carbocycles. The lowest BCUT2D eigenvalue weighted by Gasteiger charge is -2.40. The number of rotatable bonds is 5. The number of amides is 2. The van der Waals surface area contributed by atoms with E-state index in [1.165, 1.54) is 23.2 Å². The molecule has 32 heavy (non-hydrogen) atoms. The van der Waals surface area contributed by atoms with Gasteiger partial charge in [-0.15, -0.1) is 0 Å². The predicted molar refractivity (Wildman–Crippen MR) is 114 cm³/mol. The van der Waals surface area contributed by atoms with Gasteiger partial charge in [-0.25, -0.2) is 4.79 Å². The van der Waals surface area contributed by atoms with Crippen molar-refractivity contribution >= 4 is 23.9 Å². The van der Waals surface area contributed by atoms with Gasteiger partial charge in [0.25, 0.3) is 11.8 Å². The van der Waals surface area contributed by atoms with Gasteiger partial charge in [-0.05, 0) is 47.7 Å². The first kappa shape index (κ1) is 21.4. The predicted octanol–water partition coefficient (Wildman–Crippen LogP) is 1.90. The summed E-state index contributed by atoms with van der Waals surface area (Å²) in [5.74, 6) is -2.21. The van der Waals surface area contributed by atoms with Gasteiger partial charge in [-0.1, -0.05) is 19.9 Å². The first-order chi connectivity index (χ1) is 15.1. The summed E-state index contributed by atoms with van der Waals surface area (Å²) in [5, 5.41) is 31.2. The van der Waals surface area contributed by atoms with Crippen LogP contribution < -0.4 is 5.32 Å². The number of carboxylic acids is 1. The Labute approximate surface area is 184 Å². The Morgan fingerprint density at radius 2 is 1.97 bits per heavy atom. The van der Waals surface area contributed by atoms with Crippen molar-refractivity contribution in [2.24, 2.45) is 5.41 Å². The lowest BCUT2D eigenvalue weighted by Crippen LogP contribution is -2.57. The van der Waals surface area contributed by atoms with E-state index in [1.807, 2.05) is 13.8 Å². The molecule has 0 saturated carbocycles. The van der Waals surface area contributed by atoms with E-state index >= 15 is 0 Å². The van der Waals surface area contributed by atoms with Crippen molar-refractivity contribution in [3.05, 3.63) is 58.9 Å². The Morgan fingerprint density at radius 3 is 2.66 bits per heavy atom. The highest BCUT2D eigenvalue weighted by atomic mass is 16.4. The molecule has 2 saturated heterocycles. The van der Waals surface area contributed by atoms with Gasteiger partial charge >= 0.3 is 5.97 Å². The van der Waals surface area contributed by atoms with Crippen LogP contribution in [0.5, 0.6) is 11.5 Å². The SMILES string of the molecule is CC1(C)CC2/C(=C\c3cc(C(=O)NCc4ccc(O)c(O)c4)ccn3)C(=O)N2[C@H]1C(=O)O. The van der Waals surface area contributed by atoms with E-state index in [4.69, 9.17) is 0 Å². The van der Waals surface area contributed by atoms with Crippen LogP contribution in [0.1, 0.15) is 41.9 Å². The summed E-state index contributed by atoms with van der Waals surface area (Å²) in [6.45, 7) is 3.82. The fourth-order valence-electron chi connectivity index (χ4n) is 4.41. The Hall–Kier alpha value is -3.88. The Kier molecular flexibility index (Phi) is 5.12. The van der Waals surface area contributed by atoms with E-state index in [9.17, 15) is 29.7 Å². The number of aromatic nitrogens is 1. The van der Waals surface area contributed by atoms with E-state index in [0.717, 1.165) is 0 Å². The van der Waals surface area contributed by atoms with E-state index in [-0.39, 0.29) is 35.9 Å². The summed E-state index contributed by atoms with van der Waals surface area (Å²) < 4.78 is 0. The van der Waals surface area contributed by atoms with Gasteiger partial charge < -0.3 is 25.5 Å². The van der Waals surface area contributed by atoms with Crippen molar-refractivity contribution in [1.82, 2.24) is 15.2 Å². The maximum Gasteiger partial charge on any atom is 0.327 e. The number of hydrogen-bond donors (Lipinski definition) is 4. The number of carbonyl (C=O) groups excluding carboxylic acids is 2. The molecule has 4 N–H and O–H groups in total. The molecule has 1 aromatic carbocycles. The summed E-state index contributed by atoms with van der Waals surface area (Å²) in [4.78, 5) is 42.4. The molecule has 2 fully saturated rings. The number of fused-ring (bicyclic) bond motifs is 1. The number of nitrogens with zero attached hydrogens (tertiary/aromatic N) is 2. The van der Waals surface area contributed by atoms with Crippen molar-refractivity contribution in [2.45, 2.75) is 38.9 Å². The molecule has 166 valence electrons. The van der Waals surface area contributed by atoms with Crippen molar-refractivity contribution in [2.75, 3.05) is 0 Å². The smallest absolute Gasteiger partial charge is 0.327 e. The highest BCUT2D eigenvalue weighted by molar-refractivity contribution is 6.08. The molecule has 9 nitrogen and oxygen atoms in total. The zero-order chi connectivity index (χ0) is 23.2.